The first-order valence-corrected chi connectivity index (χ1v) is 13.3. The Bertz CT molecular complexity index is 400. The van der Waals surface area contributed by atoms with Crippen LogP contribution in [0, 0.1) is 17.8 Å². The highest BCUT2D eigenvalue weighted by Crippen LogP contribution is 2.52. The average molecular weight is 443 g/mol. The summed E-state index contributed by atoms with van der Waals surface area (Å²) in [4.78, 5) is 9.99. The Balaban J connectivity index is 0.000000399. The molecule has 31 heavy (non-hydrogen) atoms. The van der Waals surface area contributed by atoms with Gasteiger partial charge in [0.1, 0.15) is 6.61 Å². The van der Waals surface area contributed by atoms with Gasteiger partial charge < -0.3 is 20.5 Å². The molecule has 3 rings (SSSR count). The quantitative estimate of drug-likeness (QED) is 0.266. The third-order valence-electron chi connectivity index (χ3n) is 5.99. The summed E-state index contributed by atoms with van der Waals surface area (Å²) in [5, 5.41) is 2.49. The smallest absolute Gasteiger partial charge is 0.312 e. The first-order valence-electron chi connectivity index (χ1n) is 13.3. The van der Waals surface area contributed by atoms with Gasteiger partial charge in [-0.2, -0.15) is 0 Å². The van der Waals surface area contributed by atoms with E-state index in [1.54, 1.807) is 25.7 Å². The number of hydrogen-bond acceptors (Lipinski definition) is 3. The summed E-state index contributed by atoms with van der Waals surface area (Å²) in [6, 6.07) is -0.432. The highest BCUT2D eigenvalue weighted by atomic mass is 16.8. The van der Waals surface area contributed by atoms with Crippen molar-refractivity contribution in [1.82, 2.24) is 5.32 Å². The van der Waals surface area contributed by atoms with Gasteiger partial charge in [0.05, 0.1) is 0 Å². The molecule has 4 atom stereocenters. The molecule has 1 heterocycles. The van der Waals surface area contributed by atoms with Crippen LogP contribution in [0.5, 0.6) is 0 Å². The maximum atomic E-state index is 9.99. The number of ether oxygens (including phenoxy) is 2. The molecule has 186 valence electrons. The number of carbonyl (C=O) groups is 1. The minimum Gasteiger partial charge on any atom is -0.352 e. The van der Waals surface area contributed by atoms with Crippen molar-refractivity contribution in [2.24, 2.45) is 23.5 Å². The highest BCUT2D eigenvalue weighted by molar-refractivity contribution is 5.71. The maximum Gasteiger partial charge on any atom is 0.312 e. The monoisotopic (exact) mass is 442 g/mol. The van der Waals surface area contributed by atoms with Gasteiger partial charge in [-0.1, -0.05) is 86.0 Å². The first kappa shape index (κ1) is 30.2. The molecule has 1 saturated heterocycles. The molecule has 5 heteroatoms. The predicted molar refractivity (Wildman–Crippen MR) is 132 cm³/mol. The number of primary amides is 1. The molecule has 0 aromatic carbocycles. The van der Waals surface area contributed by atoms with Crippen molar-refractivity contribution >= 4 is 6.03 Å². The summed E-state index contributed by atoms with van der Waals surface area (Å²) in [5.41, 5.74) is 4.78. The molecular weight excluding hydrogens is 388 g/mol. The van der Waals surface area contributed by atoms with E-state index in [9.17, 15) is 4.79 Å². The molecule has 5 nitrogen and oxygen atoms in total. The van der Waals surface area contributed by atoms with Crippen LogP contribution in [-0.4, -0.2) is 32.1 Å². The Kier molecular flexibility index (Phi) is 20.5. The van der Waals surface area contributed by atoms with Crippen LogP contribution in [0.3, 0.4) is 0 Å². The second-order valence-corrected chi connectivity index (χ2v) is 9.21. The van der Waals surface area contributed by atoms with Crippen molar-refractivity contribution in [1.29, 1.82) is 0 Å². The summed E-state index contributed by atoms with van der Waals surface area (Å²) < 4.78 is 10.0. The lowest BCUT2D eigenvalue weighted by Crippen LogP contribution is -2.29. The van der Waals surface area contributed by atoms with Crippen LogP contribution < -0.4 is 11.1 Å². The fraction of sp³-hybridized carbons (Fsp3) is 0.962. The van der Waals surface area contributed by atoms with Crippen LogP contribution in [0.25, 0.3) is 0 Å². The predicted octanol–water partition coefficient (Wildman–Crippen LogP) is 7.03. The van der Waals surface area contributed by atoms with Gasteiger partial charge in [-0.25, -0.2) is 4.79 Å². The van der Waals surface area contributed by atoms with Crippen molar-refractivity contribution in [3.8, 4) is 0 Å². The van der Waals surface area contributed by atoms with E-state index in [0.29, 0.717) is 6.54 Å². The third-order valence-corrected chi connectivity index (χ3v) is 5.99. The molecule has 0 radical (unpaired) electrons. The number of epoxide rings is 1. The topological polar surface area (TPSA) is 76.9 Å². The van der Waals surface area contributed by atoms with E-state index >= 15 is 0 Å². The van der Waals surface area contributed by atoms with E-state index in [0.717, 1.165) is 38.4 Å². The number of hydrogen-bond donors (Lipinski definition) is 2. The number of urea groups is 1. The lowest BCUT2D eigenvalue weighted by atomic mass is 9.86. The fourth-order valence-electron chi connectivity index (χ4n) is 3.86. The van der Waals surface area contributed by atoms with Crippen molar-refractivity contribution < 1.29 is 14.3 Å². The van der Waals surface area contributed by atoms with Gasteiger partial charge in [-0.05, 0) is 49.9 Å². The van der Waals surface area contributed by atoms with Crippen molar-refractivity contribution in [3.63, 3.8) is 0 Å². The molecule has 1 aliphatic heterocycles. The second-order valence-electron chi connectivity index (χ2n) is 9.21. The molecule has 2 amide bonds. The lowest BCUT2D eigenvalue weighted by molar-refractivity contribution is 0.0486. The van der Waals surface area contributed by atoms with Crippen molar-refractivity contribution in [2.75, 3.05) is 19.8 Å². The van der Waals surface area contributed by atoms with Gasteiger partial charge in [0, 0.05) is 13.2 Å². The van der Waals surface area contributed by atoms with E-state index in [1.165, 1.54) is 50.4 Å². The minimum absolute atomic E-state index is 0.154. The molecule has 3 N–H and O–H groups in total. The Morgan fingerprint density at radius 3 is 2.00 bits per heavy atom. The number of carbonyl (C=O) groups excluding carboxylic acids is 1. The summed E-state index contributed by atoms with van der Waals surface area (Å²) in [7, 11) is 0. The summed E-state index contributed by atoms with van der Waals surface area (Å²) in [6.45, 7) is 13.3. The fourth-order valence-corrected chi connectivity index (χ4v) is 3.86. The van der Waals surface area contributed by atoms with Gasteiger partial charge in [0.2, 0.25) is 0 Å². The third kappa shape index (κ3) is 20.8. The Hall–Kier alpha value is -0.810. The summed E-state index contributed by atoms with van der Waals surface area (Å²) in [5.74, 6) is 3.49. The zero-order valence-electron chi connectivity index (χ0n) is 21.4. The van der Waals surface area contributed by atoms with Crippen molar-refractivity contribution in [2.45, 2.75) is 124 Å². The zero-order chi connectivity index (χ0) is 23.3. The minimum atomic E-state index is -0.432. The molecule has 0 bridgehead atoms. The van der Waals surface area contributed by atoms with E-state index < -0.39 is 6.03 Å². The average Bonchev–Trinajstić information content (AvgIpc) is 3.66. The van der Waals surface area contributed by atoms with Crippen LogP contribution >= 0.6 is 0 Å². The van der Waals surface area contributed by atoms with Crippen LogP contribution in [-0.2, 0) is 9.47 Å². The van der Waals surface area contributed by atoms with Gasteiger partial charge in [0.25, 0.3) is 0 Å². The molecular formula is C26H54N2O3. The number of rotatable bonds is 11. The molecule has 3 aliphatic rings. The van der Waals surface area contributed by atoms with Crippen LogP contribution in [0.1, 0.15) is 118 Å². The largest absolute Gasteiger partial charge is 0.352 e. The van der Waals surface area contributed by atoms with E-state index in [4.69, 9.17) is 15.2 Å². The van der Waals surface area contributed by atoms with Crippen LogP contribution in [0.4, 0.5) is 4.79 Å². The molecule has 4 unspecified atom stereocenters. The van der Waals surface area contributed by atoms with E-state index in [1.807, 2.05) is 0 Å². The number of amides is 2. The molecule has 0 aromatic rings. The Labute approximate surface area is 193 Å². The number of nitrogens with one attached hydrogen (secondary N) is 1. The van der Waals surface area contributed by atoms with Gasteiger partial charge in [0.15, 0.2) is 6.29 Å². The van der Waals surface area contributed by atoms with E-state index in [2.05, 4.69) is 39.9 Å². The molecule has 3 fully saturated rings. The normalized spacial score (nSPS) is 24.7. The van der Waals surface area contributed by atoms with Crippen molar-refractivity contribution in [3.05, 3.63) is 0 Å². The number of nitrogens with two attached hydrogens (primary N) is 1. The Morgan fingerprint density at radius 2 is 1.55 bits per heavy atom. The van der Waals surface area contributed by atoms with E-state index in [-0.39, 0.29) is 6.29 Å². The van der Waals surface area contributed by atoms with Gasteiger partial charge in [-0.3, -0.25) is 0 Å². The highest BCUT2D eigenvalue weighted by Gasteiger charge is 2.41. The zero-order valence-corrected chi connectivity index (χ0v) is 21.4. The maximum absolute atomic E-state index is 9.99. The lowest BCUT2D eigenvalue weighted by Gasteiger charge is -2.19. The standard InChI is InChI=1S/C10H18.C6H12O2.C5H12N2O.C5H12/c1-2-3-8-4-5-9-7-10(9)6-8;1-2-3-4-7-6-5-8-6;1-2-3-4-7-5(6)8;1-3-5-4-2/h8-10H,2-7H2,1H3;6H,2-5H2,1H3;2-4H2,1H3,(H3,6,7,8);3-5H2,1-2H3. The molecule has 0 aromatic heterocycles. The van der Waals surface area contributed by atoms with Crippen LogP contribution in [0.15, 0.2) is 0 Å². The number of fused-ring (bicyclic) bond motifs is 1. The number of unbranched alkanes of at least 4 members (excludes halogenated alkanes) is 4. The molecule has 0 spiro atoms. The van der Waals surface area contributed by atoms with Gasteiger partial charge >= 0.3 is 6.03 Å². The molecule has 2 saturated carbocycles. The Morgan fingerprint density at radius 1 is 0.903 bits per heavy atom. The second kappa shape index (κ2) is 21.1. The summed E-state index contributed by atoms with van der Waals surface area (Å²) in [6.07, 6.45) is 17.9. The molecule has 2 aliphatic carbocycles. The first-order chi connectivity index (χ1) is 15.0. The van der Waals surface area contributed by atoms with Gasteiger partial charge in [-0.15, -0.1) is 0 Å². The SMILES string of the molecule is CCCC1CCC2CC2C1.CCCCC.CCCCNC(N)=O.CCCCOC1CO1. The summed E-state index contributed by atoms with van der Waals surface area (Å²) >= 11 is 0. The van der Waals surface area contributed by atoms with Crippen LogP contribution in [0.2, 0.25) is 0 Å².